The van der Waals surface area contributed by atoms with Crippen molar-refractivity contribution in [1.82, 2.24) is 19.5 Å². The zero-order valence-electron chi connectivity index (χ0n) is 30.3. The highest BCUT2D eigenvalue weighted by Crippen LogP contribution is 2.40. The summed E-state index contributed by atoms with van der Waals surface area (Å²) in [5, 5.41) is 4.62. The van der Waals surface area contributed by atoms with Gasteiger partial charge in [0.05, 0.1) is 11.0 Å². The average molecular weight is 697 g/mol. The number of aromatic nitrogens is 4. The Morgan fingerprint density at radius 3 is 1.81 bits per heavy atom. The summed E-state index contributed by atoms with van der Waals surface area (Å²) in [4.78, 5) is 15.1. The normalized spacial score (nSPS) is 12.0. The second-order valence-electron chi connectivity index (χ2n) is 14.9. The number of hydrogen-bond acceptors (Lipinski definition) is 4. The fourth-order valence-electron chi connectivity index (χ4n) is 7.64. The summed E-state index contributed by atoms with van der Waals surface area (Å²) < 4.78 is 8.82. The van der Waals surface area contributed by atoms with Crippen molar-refractivity contribution in [2.75, 3.05) is 0 Å². The topological polar surface area (TPSA) is 56.7 Å². The Bertz CT molecular complexity index is 3020. The van der Waals surface area contributed by atoms with Gasteiger partial charge in [-0.25, -0.2) is 15.0 Å². The van der Waals surface area contributed by atoms with Crippen LogP contribution in [0.15, 0.2) is 168 Å². The van der Waals surface area contributed by atoms with Crippen LogP contribution in [0.5, 0.6) is 0 Å². The van der Waals surface area contributed by atoms with Gasteiger partial charge >= 0.3 is 0 Å². The predicted molar refractivity (Wildman–Crippen MR) is 222 cm³/mol. The Morgan fingerprint density at radius 2 is 1.04 bits per heavy atom. The van der Waals surface area contributed by atoms with Crippen LogP contribution in [0.2, 0.25) is 0 Å². The van der Waals surface area contributed by atoms with E-state index in [1.165, 1.54) is 16.3 Å². The Labute approximate surface area is 313 Å². The third-order valence-electron chi connectivity index (χ3n) is 10.4. The lowest BCUT2D eigenvalue weighted by Gasteiger charge is -2.19. The summed E-state index contributed by atoms with van der Waals surface area (Å²) in [5.41, 5.74) is 11.3. The lowest BCUT2D eigenvalue weighted by molar-refractivity contribution is 0.590. The minimum absolute atomic E-state index is 0.0484. The van der Waals surface area contributed by atoms with Gasteiger partial charge in [-0.1, -0.05) is 154 Å². The van der Waals surface area contributed by atoms with Gasteiger partial charge in [0.1, 0.15) is 11.2 Å². The second-order valence-corrected chi connectivity index (χ2v) is 14.9. The third-order valence-corrected chi connectivity index (χ3v) is 10.4. The largest absolute Gasteiger partial charge is 0.455 e. The summed E-state index contributed by atoms with van der Waals surface area (Å²) in [6.45, 7) is 6.67. The van der Waals surface area contributed by atoms with Crippen molar-refractivity contribution in [3.8, 4) is 51.0 Å². The molecule has 0 aliphatic heterocycles. The molecule has 3 aromatic heterocycles. The molecule has 5 heteroatoms. The Hall–Kier alpha value is -6.85. The Balaban J connectivity index is 1.14. The first kappa shape index (κ1) is 31.9. The summed E-state index contributed by atoms with van der Waals surface area (Å²) in [6, 6.07) is 57.2. The van der Waals surface area contributed by atoms with Gasteiger partial charge in [-0.15, -0.1) is 0 Å². The molecule has 10 rings (SSSR count). The summed E-state index contributed by atoms with van der Waals surface area (Å²) in [5.74, 6) is 1.91. The molecule has 7 aromatic carbocycles. The van der Waals surface area contributed by atoms with E-state index in [0.29, 0.717) is 17.5 Å². The maximum Gasteiger partial charge on any atom is 0.164 e. The molecule has 54 heavy (non-hydrogen) atoms. The summed E-state index contributed by atoms with van der Waals surface area (Å²) >= 11 is 0. The molecule has 0 amide bonds. The number of para-hydroxylation sites is 3. The van der Waals surface area contributed by atoms with Crippen LogP contribution in [0.1, 0.15) is 26.3 Å². The van der Waals surface area contributed by atoms with Gasteiger partial charge in [-0.05, 0) is 46.9 Å². The van der Waals surface area contributed by atoms with Gasteiger partial charge in [0, 0.05) is 49.5 Å². The number of benzene rings is 7. The van der Waals surface area contributed by atoms with Gasteiger partial charge in [0.15, 0.2) is 17.5 Å². The Morgan fingerprint density at radius 1 is 0.444 bits per heavy atom. The van der Waals surface area contributed by atoms with Crippen LogP contribution < -0.4 is 0 Å². The zero-order chi connectivity index (χ0) is 36.4. The van der Waals surface area contributed by atoms with Gasteiger partial charge < -0.3 is 8.98 Å². The maximum absolute atomic E-state index is 6.47. The van der Waals surface area contributed by atoms with Gasteiger partial charge in [-0.3, -0.25) is 0 Å². The quantitative estimate of drug-likeness (QED) is 0.180. The number of fused-ring (bicyclic) bond motifs is 6. The van der Waals surface area contributed by atoms with Crippen molar-refractivity contribution in [1.29, 1.82) is 0 Å². The number of rotatable bonds is 5. The van der Waals surface area contributed by atoms with Crippen LogP contribution in [-0.2, 0) is 5.41 Å². The van der Waals surface area contributed by atoms with Crippen molar-refractivity contribution >= 4 is 43.7 Å². The maximum atomic E-state index is 6.47. The molecule has 0 aliphatic rings. The first-order valence-electron chi connectivity index (χ1n) is 18.4. The standard InChI is InChI=1S/C49H36N4O/c1-49(2,3)35-26-23-32(24-27-35)47-50-46(31-13-5-4-6-14-31)51-48(52-47)34-15-11-16-36(29-34)53-42-21-9-7-17-38(42)39-28-25-33(30-43(39)53)37-19-12-20-41-40-18-8-10-22-44(40)54-45(37)41/h4-30H,1-3H3. The first-order valence-corrected chi connectivity index (χ1v) is 18.4. The number of hydrogen-bond donors (Lipinski definition) is 0. The van der Waals surface area contributed by atoms with E-state index >= 15 is 0 Å². The van der Waals surface area contributed by atoms with Crippen LogP contribution in [0.3, 0.4) is 0 Å². The monoisotopic (exact) mass is 696 g/mol. The lowest BCUT2D eigenvalue weighted by Crippen LogP contribution is -2.10. The molecule has 0 bridgehead atoms. The van der Waals surface area contributed by atoms with Crippen molar-refractivity contribution in [2.24, 2.45) is 0 Å². The first-order chi connectivity index (χ1) is 26.4. The zero-order valence-corrected chi connectivity index (χ0v) is 30.3. The van der Waals surface area contributed by atoms with Crippen LogP contribution in [0, 0.1) is 0 Å². The van der Waals surface area contributed by atoms with Crippen LogP contribution in [0.25, 0.3) is 94.7 Å². The highest BCUT2D eigenvalue weighted by atomic mass is 16.3. The molecule has 0 saturated carbocycles. The van der Waals surface area contributed by atoms with E-state index in [1.54, 1.807) is 0 Å². The predicted octanol–water partition coefficient (Wildman–Crippen LogP) is 12.8. The van der Waals surface area contributed by atoms with E-state index in [-0.39, 0.29) is 5.41 Å². The van der Waals surface area contributed by atoms with E-state index in [2.05, 4.69) is 147 Å². The molecule has 0 N–H and O–H groups in total. The van der Waals surface area contributed by atoms with E-state index < -0.39 is 0 Å². The van der Waals surface area contributed by atoms with Crippen molar-refractivity contribution < 1.29 is 4.42 Å². The van der Waals surface area contributed by atoms with E-state index in [0.717, 1.165) is 66.5 Å². The summed E-state index contributed by atoms with van der Waals surface area (Å²) in [7, 11) is 0. The Kier molecular flexibility index (Phi) is 7.31. The molecule has 5 nitrogen and oxygen atoms in total. The van der Waals surface area contributed by atoms with Crippen molar-refractivity contribution in [2.45, 2.75) is 26.2 Å². The molecule has 0 radical (unpaired) electrons. The van der Waals surface area contributed by atoms with Crippen LogP contribution >= 0.6 is 0 Å². The minimum atomic E-state index is 0.0484. The molecule has 0 unspecified atom stereocenters. The molecule has 258 valence electrons. The summed E-state index contributed by atoms with van der Waals surface area (Å²) in [6.07, 6.45) is 0. The average Bonchev–Trinajstić information content (AvgIpc) is 3.76. The minimum Gasteiger partial charge on any atom is -0.455 e. The fraction of sp³-hybridized carbons (Fsp3) is 0.0816. The highest BCUT2D eigenvalue weighted by molar-refractivity contribution is 6.13. The van der Waals surface area contributed by atoms with Crippen LogP contribution in [0.4, 0.5) is 0 Å². The molecule has 0 atom stereocenters. The molecular weight excluding hydrogens is 661 g/mol. The molecule has 0 spiro atoms. The lowest BCUT2D eigenvalue weighted by atomic mass is 9.87. The molecule has 10 aromatic rings. The van der Waals surface area contributed by atoms with Crippen LogP contribution in [-0.4, -0.2) is 19.5 Å². The highest BCUT2D eigenvalue weighted by Gasteiger charge is 2.19. The molecular formula is C49H36N4O. The van der Waals surface area contributed by atoms with Gasteiger partial charge in [0.2, 0.25) is 0 Å². The number of furan rings is 1. The third kappa shape index (κ3) is 5.36. The number of nitrogens with zero attached hydrogens (tertiary/aromatic N) is 4. The second kappa shape index (κ2) is 12.4. The van der Waals surface area contributed by atoms with E-state index in [1.807, 2.05) is 42.5 Å². The fourth-order valence-corrected chi connectivity index (χ4v) is 7.64. The molecule has 3 heterocycles. The molecule has 0 fully saturated rings. The van der Waals surface area contributed by atoms with E-state index in [9.17, 15) is 0 Å². The molecule has 0 aliphatic carbocycles. The van der Waals surface area contributed by atoms with Crippen molar-refractivity contribution in [3.05, 3.63) is 169 Å². The smallest absolute Gasteiger partial charge is 0.164 e. The van der Waals surface area contributed by atoms with E-state index in [4.69, 9.17) is 19.4 Å². The van der Waals surface area contributed by atoms with Crippen molar-refractivity contribution in [3.63, 3.8) is 0 Å². The van der Waals surface area contributed by atoms with Gasteiger partial charge in [-0.2, -0.15) is 0 Å². The SMILES string of the molecule is CC(C)(C)c1ccc(-c2nc(-c3ccccc3)nc(-c3cccc(-n4c5ccccc5c5ccc(-c6cccc7c6oc6ccccc67)cc54)c3)n2)cc1. The molecule has 0 saturated heterocycles. The van der Waals surface area contributed by atoms with Gasteiger partial charge in [0.25, 0.3) is 0 Å².